The highest BCUT2D eigenvalue weighted by Crippen LogP contribution is 2.34. The van der Waals surface area contributed by atoms with E-state index in [4.69, 9.17) is 4.42 Å². The molecule has 3 aromatic rings. The van der Waals surface area contributed by atoms with Gasteiger partial charge < -0.3 is 14.6 Å². The smallest absolute Gasteiger partial charge is 0.295 e. The number of nitrogens with zero attached hydrogens (tertiary/aromatic N) is 2. The molecule has 0 spiro atoms. The van der Waals surface area contributed by atoms with Gasteiger partial charge in [0.25, 0.3) is 5.95 Å². The monoisotopic (exact) mass is 348 g/mol. The van der Waals surface area contributed by atoms with Crippen LogP contribution in [0.15, 0.2) is 75.1 Å². The molecular formula is C21H20N2O3. The molecule has 0 saturated heterocycles. The molecule has 0 radical (unpaired) electrons. The average Bonchev–Trinajstić information content (AvgIpc) is 2.95. The van der Waals surface area contributed by atoms with Crippen molar-refractivity contribution in [2.45, 2.75) is 20.0 Å². The predicted molar refractivity (Wildman–Crippen MR) is 102 cm³/mol. The van der Waals surface area contributed by atoms with Gasteiger partial charge in [0.2, 0.25) is 0 Å². The number of aliphatic imine (C=N–C) groups is 2. The predicted octanol–water partition coefficient (Wildman–Crippen LogP) is 4.32. The van der Waals surface area contributed by atoms with E-state index in [2.05, 4.69) is 9.98 Å². The molecule has 132 valence electrons. The Balaban J connectivity index is 1.74. The Kier molecular flexibility index (Phi) is 5.49. The second-order valence-corrected chi connectivity index (χ2v) is 5.84. The van der Waals surface area contributed by atoms with Gasteiger partial charge in [-0.2, -0.15) is 0 Å². The van der Waals surface area contributed by atoms with Crippen LogP contribution in [0.5, 0.6) is 11.7 Å². The molecule has 26 heavy (non-hydrogen) atoms. The highest BCUT2D eigenvalue weighted by molar-refractivity contribution is 6.05. The first-order chi connectivity index (χ1) is 12.6. The van der Waals surface area contributed by atoms with Crippen LogP contribution in [-0.2, 0) is 13.1 Å². The molecule has 0 aliphatic heterocycles. The molecule has 0 aliphatic rings. The highest BCUT2D eigenvalue weighted by Gasteiger charge is 2.20. The fourth-order valence-electron chi connectivity index (χ4n) is 2.53. The quantitative estimate of drug-likeness (QED) is 0.651. The van der Waals surface area contributed by atoms with Gasteiger partial charge in [0.15, 0.2) is 11.5 Å². The van der Waals surface area contributed by atoms with Gasteiger partial charge in [-0.1, -0.05) is 60.7 Å². The van der Waals surface area contributed by atoms with E-state index in [1.807, 2.05) is 60.7 Å². The molecule has 3 rings (SSSR count). The first kappa shape index (κ1) is 17.5. The van der Waals surface area contributed by atoms with Crippen molar-refractivity contribution in [3.63, 3.8) is 0 Å². The van der Waals surface area contributed by atoms with Gasteiger partial charge in [0.1, 0.15) is 5.56 Å². The zero-order valence-corrected chi connectivity index (χ0v) is 14.5. The summed E-state index contributed by atoms with van der Waals surface area (Å²) < 4.78 is 5.23. The summed E-state index contributed by atoms with van der Waals surface area (Å²) in [6.07, 6.45) is 1.41. The van der Waals surface area contributed by atoms with E-state index in [-0.39, 0.29) is 23.0 Å². The Morgan fingerprint density at radius 1 is 0.923 bits per heavy atom. The molecule has 2 N–H and O–H groups in total. The molecule has 0 saturated carbocycles. The molecule has 0 amide bonds. The molecule has 0 unspecified atom stereocenters. The third kappa shape index (κ3) is 4.19. The third-order valence-electron chi connectivity index (χ3n) is 3.92. The van der Waals surface area contributed by atoms with Crippen molar-refractivity contribution in [1.29, 1.82) is 0 Å². The first-order valence-electron chi connectivity index (χ1n) is 8.29. The molecule has 5 nitrogen and oxygen atoms in total. The summed E-state index contributed by atoms with van der Waals surface area (Å²) in [5, 5.41) is 20.4. The first-order valence-corrected chi connectivity index (χ1v) is 8.29. The Morgan fingerprint density at radius 3 is 2.12 bits per heavy atom. The van der Waals surface area contributed by atoms with Crippen molar-refractivity contribution >= 4 is 11.9 Å². The average molecular weight is 348 g/mol. The van der Waals surface area contributed by atoms with Crippen molar-refractivity contribution in [2.75, 3.05) is 0 Å². The van der Waals surface area contributed by atoms with Crippen LogP contribution in [0.4, 0.5) is 0 Å². The summed E-state index contributed by atoms with van der Waals surface area (Å²) in [5.41, 5.74) is 2.77. The molecule has 1 heterocycles. The van der Waals surface area contributed by atoms with E-state index in [0.29, 0.717) is 18.8 Å². The lowest BCUT2D eigenvalue weighted by atomic mass is 10.1. The zero-order chi connectivity index (χ0) is 18.4. The van der Waals surface area contributed by atoms with E-state index in [1.165, 1.54) is 6.21 Å². The topological polar surface area (TPSA) is 78.3 Å². The summed E-state index contributed by atoms with van der Waals surface area (Å²) >= 11 is 0. The van der Waals surface area contributed by atoms with Gasteiger partial charge in [-0.15, -0.1) is 0 Å². The second kappa shape index (κ2) is 8.16. The maximum atomic E-state index is 10.3. The van der Waals surface area contributed by atoms with Gasteiger partial charge in [-0.25, -0.2) is 0 Å². The van der Waals surface area contributed by atoms with Gasteiger partial charge in [0, 0.05) is 0 Å². The maximum absolute atomic E-state index is 10.3. The summed E-state index contributed by atoms with van der Waals surface area (Å²) in [7, 11) is 0. The van der Waals surface area contributed by atoms with Crippen LogP contribution in [0.1, 0.15) is 29.4 Å². The van der Waals surface area contributed by atoms with Crippen molar-refractivity contribution in [2.24, 2.45) is 9.98 Å². The zero-order valence-electron chi connectivity index (χ0n) is 14.5. The lowest BCUT2D eigenvalue weighted by Crippen LogP contribution is -1.95. The molecular weight excluding hydrogens is 328 g/mol. The number of aromatic hydroxyl groups is 2. The summed E-state index contributed by atoms with van der Waals surface area (Å²) in [5.74, 6) is -0.408. The van der Waals surface area contributed by atoms with Crippen LogP contribution in [0.2, 0.25) is 0 Å². The standard InChI is InChI=1S/C21H20N2O3/c1-15(23-13-17-10-6-3-7-11-17)19-20(24)18(26-21(19)25)14-22-12-16-8-4-2-5-9-16/h2-11,14,24-25H,12-13H2,1H3. The summed E-state index contributed by atoms with van der Waals surface area (Å²) in [4.78, 5) is 8.67. The van der Waals surface area contributed by atoms with Gasteiger partial charge in [0.05, 0.1) is 25.0 Å². The van der Waals surface area contributed by atoms with Crippen LogP contribution < -0.4 is 0 Å². The van der Waals surface area contributed by atoms with Crippen molar-refractivity contribution in [1.82, 2.24) is 0 Å². The van der Waals surface area contributed by atoms with Crippen LogP contribution in [0.3, 0.4) is 0 Å². The van der Waals surface area contributed by atoms with E-state index in [0.717, 1.165) is 11.1 Å². The van der Waals surface area contributed by atoms with Crippen LogP contribution >= 0.6 is 0 Å². The molecule has 0 aliphatic carbocycles. The molecule has 5 heteroatoms. The third-order valence-corrected chi connectivity index (χ3v) is 3.92. The minimum Gasteiger partial charge on any atom is -0.504 e. The largest absolute Gasteiger partial charge is 0.504 e. The Hall–Kier alpha value is -3.34. The minimum atomic E-state index is -0.363. The number of rotatable bonds is 6. The molecule has 0 fully saturated rings. The van der Waals surface area contributed by atoms with Crippen molar-refractivity contribution < 1.29 is 14.6 Å². The van der Waals surface area contributed by atoms with Gasteiger partial charge in [-0.3, -0.25) is 9.98 Å². The van der Waals surface area contributed by atoms with Crippen molar-refractivity contribution in [3.8, 4) is 11.7 Å². The lowest BCUT2D eigenvalue weighted by molar-refractivity contribution is 0.329. The fourth-order valence-corrected chi connectivity index (χ4v) is 2.53. The fraction of sp³-hybridized carbons (Fsp3) is 0.143. The van der Waals surface area contributed by atoms with E-state index in [9.17, 15) is 10.2 Å². The van der Waals surface area contributed by atoms with Crippen LogP contribution in [0.25, 0.3) is 0 Å². The number of furan rings is 1. The summed E-state index contributed by atoms with van der Waals surface area (Å²) in [6.45, 7) is 2.63. The van der Waals surface area contributed by atoms with E-state index in [1.54, 1.807) is 6.92 Å². The number of hydrogen-bond donors (Lipinski definition) is 2. The summed E-state index contributed by atoms with van der Waals surface area (Å²) in [6, 6.07) is 19.5. The van der Waals surface area contributed by atoms with Gasteiger partial charge >= 0.3 is 0 Å². The SMILES string of the molecule is CC(=NCc1ccccc1)c1c(O)oc(C=NCc2ccccc2)c1O. The normalized spacial score (nSPS) is 12.0. The van der Waals surface area contributed by atoms with Crippen LogP contribution in [0, 0.1) is 0 Å². The Labute approximate surface area is 152 Å². The Bertz CT molecular complexity index is 913. The second-order valence-electron chi connectivity index (χ2n) is 5.84. The molecule has 2 aromatic carbocycles. The van der Waals surface area contributed by atoms with Crippen molar-refractivity contribution in [3.05, 3.63) is 83.1 Å². The van der Waals surface area contributed by atoms with E-state index >= 15 is 0 Å². The number of hydrogen-bond acceptors (Lipinski definition) is 5. The van der Waals surface area contributed by atoms with E-state index < -0.39 is 0 Å². The molecule has 0 bridgehead atoms. The Morgan fingerprint density at radius 2 is 1.50 bits per heavy atom. The molecule has 1 aromatic heterocycles. The molecule has 0 atom stereocenters. The highest BCUT2D eigenvalue weighted by atomic mass is 16.5. The lowest BCUT2D eigenvalue weighted by Gasteiger charge is -2.00. The maximum Gasteiger partial charge on any atom is 0.295 e. The van der Waals surface area contributed by atoms with Gasteiger partial charge in [-0.05, 0) is 18.1 Å². The minimum absolute atomic E-state index is 0.114. The van der Waals surface area contributed by atoms with Crippen LogP contribution in [-0.4, -0.2) is 22.1 Å². The number of benzene rings is 2.